The number of thioether (sulfide) groups is 1. The predicted octanol–water partition coefficient (Wildman–Crippen LogP) is 3.28. The fourth-order valence-electron chi connectivity index (χ4n) is 3.54. The van der Waals surface area contributed by atoms with E-state index in [2.05, 4.69) is 31.0 Å². The summed E-state index contributed by atoms with van der Waals surface area (Å²) in [4.78, 5) is 29.2. The van der Waals surface area contributed by atoms with E-state index in [-0.39, 0.29) is 23.2 Å². The van der Waals surface area contributed by atoms with E-state index in [1.807, 2.05) is 30.3 Å². The molecule has 3 atom stereocenters. The number of amides is 2. The lowest BCUT2D eigenvalue weighted by atomic mass is 10.1. The van der Waals surface area contributed by atoms with Crippen molar-refractivity contribution in [3.63, 3.8) is 0 Å². The van der Waals surface area contributed by atoms with Gasteiger partial charge < -0.3 is 15.1 Å². The molecular weight excluding hydrogens is 358 g/mol. The van der Waals surface area contributed by atoms with E-state index in [0.717, 1.165) is 38.0 Å². The van der Waals surface area contributed by atoms with Crippen molar-refractivity contribution in [2.45, 2.75) is 58.0 Å². The fraction of sp³-hybridized carbons (Fsp3) is 0.619. The molecule has 6 heteroatoms. The summed E-state index contributed by atoms with van der Waals surface area (Å²) in [6.45, 7) is 11.1. The molecule has 27 heavy (non-hydrogen) atoms. The second kappa shape index (κ2) is 10.7. The zero-order valence-electron chi connectivity index (χ0n) is 17.0. The summed E-state index contributed by atoms with van der Waals surface area (Å²) in [5.74, 6) is 0.548. The van der Waals surface area contributed by atoms with Crippen molar-refractivity contribution >= 4 is 23.6 Å². The van der Waals surface area contributed by atoms with Gasteiger partial charge in [0.15, 0.2) is 0 Å². The maximum atomic E-state index is 12.8. The molecule has 0 radical (unpaired) electrons. The molecule has 1 saturated heterocycles. The van der Waals surface area contributed by atoms with E-state index in [9.17, 15) is 9.59 Å². The van der Waals surface area contributed by atoms with Crippen molar-refractivity contribution in [2.75, 3.05) is 25.4 Å². The van der Waals surface area contributed by atoms with Crippen LogP contribution in [0.25, 0.3) is 0 Å². The van der Waals surface area contributed by atoms with Crippen molar-refractivity contribution in [3.05, 3.63) is 35.9 Å². The van der Waals surface area contributed by atoms with Gasteiger partial charge in [-0.1, -0.05) is 44.2 Å². The Labute approximate surface area is 167 Å². The molecule has 0 aliphatic carbocycles. The van der Waals surface area contributed by atoms with Gasteiger partial charge in [0.1, 0.15) is 11.4 Å². The summed E-state index contributed by atoms with van der Waals surface area (Å²) in [6, 6.07) is 9.66. The minimum Gasteiger partial charge on any atom is -0.352 e. The summed E-state index contributed by atoms with van der Waals surface area (Å²) in [5, 5.41) is 3.04. The Bertz CT molecular complexity index is 607. The molecule has 1 aromatic rings. The summed E-state index contributed by atoms with van der Waals surface area (Å²) < 4.78 is 0. The number of hydrogen-bond acceptors (Lipinski definition) is 4. The highest BCUT2D eigenvalue weighted by molar-refractivity contribution is 7.99. The van der Waals surface area contributed by atoms with Crippen LogP contribution in [0.4, 0.5) is 0 Å². The lowest BCUT2D eigenvalue weighted by Crippen LogP contribution is -2.49. The molecule has 1 fully saturated rings. The van der Waals surface area contributed by atoms with Crippen LogP contribution in [0.1, 0.15) is 51.5 Å². The van der Waals surface area contributed by atoms with Crippen LogP contribution in [0, 0.1) is 0 Å². The van der Waals surface area contributed by atoms with Crippen LogP contribution in [-0.2, 0) is 9.59 Å². The smallest absolute Gasteiger partial charge is 0.243 e. The van der Waals surface area contributed by atoms with Crippen LogP contribution in [0.5, 0.6) is 0 Å². The van der Waals surface area contributed by atoms with Gasteiger partial charge in [-0.3, -0.25) is 9.59 Å². The summed E-state index contributed by atoms with van der Waals surface area (Å²) in [6.07, 6.45) is 2.01. The molecule has 2 amide bonds. The van der Waals surface area contributed by atoms with Gasteiger partial charge in [-0.2, -0.15) is 0 Å². The van der Waals surface area contributed by atoms with Gasteiger partial charge in [0.2, 0.25) is 11.8 Å². The molecule has 1 aromatic carbocycles. The molecule has 1 aliphatic heterocycles. The summed E-state index contributed by atoms with van der Waals surface area (Å²) >= 11 is 1.66. The molecular formula is C21H33N3O2S. The predicted molar refractivity (Wildman–Crippen MR) is 113 cm³/mol. The zero-order chi connectivity index (χ0) is 19.8. The highest BCUT2D eigenvalue weighted by atomic mass is 32.2. The zero-order valence-corrected chi connectivity index (χ0v) is 17.8. The standard InChI is InChI=1S/C21H33N3O2S/c1-5-23(6-2)14-10-11-16(3)22-20(26)19-15-27-21(24(19)17(4)25)18-12-8-7-9-13-18/h7-9,12-13,16,19,21H,5-6,10-11,14-15H2,1-4H3,(H,22,26)/t16-,19+,21-/m1/s1. The number of nitrogens with zero attached hydrogens (tertiary/aromatic N) is 2. The van der Waals surface area contributed by atoms with Crippen LogP contribution in [0.2, 0.25) is 0 Å². The number of nitrogens with one attached hydrogen (secondary N) is 1. The molecule has 0 aromatic heterocycles. The number of benzene rings is 1. The fourth-order valence-corrected chi connectivity index (χ4v) is 5.02. The van der Waals surface area contributed by atoms with E-state index >= 15 is 0 Å². The number of rotatable bonds is 9. The van der Waals surface area contributed by atoms with Crippen LogP contribution in [-0.4, -0.2) is 59.1 Å². The van der Waals surface area contributed by atoms with Crippen molar-refractivity contribution in [1.29, 1.82) is 0 Å². The average Bonchev–Trinajstić information content (AvgIpc) is 3.11. The van der Waals surface area contributed by atoms with E-state index < -0.39 is 6.04 Å². The van der Waals surface area contributed by atoms with Crippen LogP contribution >= 0.6 is 11.8 Å². The third-order valence-corrected chi connectivity index (χ3v) is 6.47. The van der Waals surface area contributed by atoms with Crippen LogP contribution in [0.15, 0.2) is 30.3 Å². The van der Waals surface area contributed by atoms with Crippen LogP contribution < -0.4 is 5.32 Å². The molecule has 2 rings (SSSR count). The lowest BCUT2D eigenvalue weighted by molar-refractivity contribution is -0.138. The Balaban J connectivity index is 1.92. The first kappa shape index (κ1) is 21.8. The molecule has 0 unspecified atom stereocenters. The first-order valence-electron chi connectivity index (χ1n) is 9.96. The number of carbonyl (C=O) groups is 2. The number of carbonyl (C=O) groups excluding carboxylic acids is 2. The first-order valence-corrected chi connectivity index (χ1v) is 11.0. The van der Waals surface area contributed by atoms with Gasteiger partial charge in [0.25, 0.3) is 0 Å². The lowest BCUT2D eigenvalue weighted by Gasteiger charge is -2.29. The quantitative estimate of drug-likeness (QED) is 0.702. The van der Waals surface area contributed by atoms with Crippen molar-refractivity contribution in [1.82, 2.24) is 15.1 Å². The van der Waals surface area contributed by atoms with E-state index in [1.54, 1.807) is 23.6 Å². The average molecular weight is 392 g/mol. The Kier molecular flexibility index (Phi) is 8.64. The maximum Gasteiger partial charge on any atom is 0.243 e. The van der Waals surface area contributed by atoms with Gasteiger partial charge in [-0.25, -0.2) is 0 Å². The van der Waals surface area contributed by atoms with E-state index in [1.165, 1.54) is 0 Å². The van der Waals surface area contributed by atoms with Gasteiger partial charge in [0, 0.05) is 18.7 Å². The Morgan fingerprint density at radius 1 is 1.26 bits per heavy atom. The van der Waals surface area contributed by atoms with Gasteiger partial charge in [0.05, 0.1) is 0 Å². The third-order valence-electron chi connectivity index (χ3n) is 5.15. The largest absolute Gasteiger partial charge is 0.352 e. The van der Waals surface area contributed by atoms with E-state index in [4.69, 9.17) is 0 Å². The molecule has 150 valence electrons. The second-order valence-electron chi connectivity index (χ2n) is 7.12. The summed E-state index contributed by atoms with van der Waals surface area (Å²) in [5.41, 5.74) is 1.07. The number of hydrogen-bond donors (Lipinski definition) is 1. The molecule has 5 nitrogen and oxygen atoms in total. The monoisotopic (exact) mass is 391 g/mol. The molecule has 0 spiro atoms. The molecule has 1 aliphatic rings. The molecule has 0 saturated carbocycles. The van der Waals surface area contributed by atoms with Gasteiger partial charge in [-0.15, -0.1) is 11.8 Å². The van der Waals surface area contributed by atoms with Crippen molar-refractivity contribution < 1.29 is 9.59 Å². The summed E-state index contributed by atoms with van der Waals surface area (Å²) in [7, 11) is 0. The van der Waals surface area contributed by atoms with Crippen molar-refractivity contribution in [3.8, 4) is 0 Å². The Hall–Kier alpha value is -1.53. The SMILES string of the molecule is CCN(CC)CCC[C@@H](C)NC(=O)[C@@H]1CS[C@H](c2ccccc2)N1C(C)=O. The van der Waals surface area contributed by atoms with E-state index in [0.29, 0.717) is 5.75 Å². The second-order valence-corrected chi connectivity index (χ2v) is 8.23. The van der Waals surface area contributed by atoms with Gasteiger partial charge >= 0.3 is 0 Å². The minimum absolute atomic E-state index is 0.0357. The molecule has 0 bridgehead atoms. The highest BCUT2D eigenvalue weighted by Gasteiger charge is 2.40. The normalized spacial score (nSPS) is 20.7. The first-order chi connectivity index (χ1) is 13.0. The van der Waals surface area contributed by atoms with Gasteiger partial charge in [-0.05, 0) is 45.0 Å². The Morgan fingerprint density at radius 3 is 2.52 bits per heavy atom. The molecule has 1 N–H and O–H groups in total. The third kappa shape index (κ3) is 5.98. The van der Waals surface area contributed by atoms with Crippen molar-refractivity contribution in [2.24, 2.45) is 0 Å². The topological polar surface area (TPSA) is 52.7 Å². The highest BCUT2D eigenvalue weighted by Crippen LogP contribution is 2.41. The minimum atomic E-state index is -0.400. The Morgan fingerprint density at radius 2 is 1.93 bits per heavy atom. The van der Waals surface area contributed by atoms with Crippen LogP contribution in [0.3, 0.4) is 0 Å². The molecule has 1 heterocycles. The maximum absolute atomic E-state index is 12.8.